The van der Waals surface area contributed by atoms with Crippen LogP contribution < -0.4 is 16.0 Å². The normalized spacial score (nSPS) is 23.1. The number of carbonyl (C=O) groups is 2. The van der Waals surface area contributed by atoms with Crippen LogP contribution in [0.1, 0.15) is 10.4 Å². The van der Waals surface area contributed by atoms with Gasteiger partial charge in [0.15, 0.2) is 6.29 Å². The van der Waals surface area contributed by atoms with Crippen LogP contribution >= 0.6 is 11.6 Å². The summed E-state index contributed by atoms with van der Waals surface area (Å²) in [6.07, 6.45) is -5.74. The van der Waals surface area contributed by atoms with Crippen LogP contribution in [0.3, 0.4) is 0 Å². The van der Waals surface area contributed by atoms with Gasteiger partial charge in [0.05, 0.1) is 21.5 Å². The Bertz CT molecular complexity index is 1150. The van der Waals surface area contributed by atoms with Gasteiger partial charge >= 0.3 is 6.03 Å². The van der Waals surface area contributed by atoms with E-state index in [1.54, 1.807) is 24.3 Å². The molecule has 0 spiro atoms. The van der Waals surface area contributed by atoms with Crippen molar-refractivity contribution in [2.45, 2.75) is 30.6 Å². The monoisotopic (exact) mass is 539 g/mol. The molecule has 1 unspecified atom stereocenters. The second-order valence-electron chi connectivity index (χ2n) is 7.85. The molecule has 1 saturated heterocycles. The molecule has 2 aromatic rings. The molecule has 0 aliphatic carbocycles. The van der Waals surface area contributed by atoms with Crippen molar-refractivity contribution in [2.24, 2.45) is 0 Å². The van der Waals surface area contributed by atoms with Crippen molar-refractivity contribution in [3.8, 4) is 0 Å². The maximum absolute atomic E-state index is 12.7. The van der Waals surface area contributed by atoms with Gasteiger partial charge in [0.2, 0.25) is 0 Å². The van der Waals surface area contributed by atoms with Crippen molar-refractivity contribution in [1.29, 1.82) is 0 Å². The summed E-state index contributed by atoms with van der Waals surface area (Å²) in [6.45, 7) is -0.255. The molecule has 1 aliphatic heterocycles. The van der Waals surface area contributed by atoms with E-state index in [1.165, 1.54) is 7.11 Å². The summed E-state index contributed by atoms with van der Waals surface area (Å²) in [4.78, 5) is 45.3. The molecule has 5 N–H and O–H groups in total. The number of aliphatic hydroxyl groups excluding tert-OH is 2. The van der Waals surface area contributed by atoms with E-state index in [-0.39, 0.29) is 6.54 Å². The topological polar surface area (TPSA) is 215 Å². The number of amides is 3. The van der Waals surface area contributed by atoms with E-state index in [0.717, 1.165) is 12.1 Å². The van der Waals surface area contributed by atoms with Gasteiger partial charge in [-0.25, -0.2) is 4.79 Å². The number of anilines is 1. The molecule has 16 heteroatoms. The fourth-order valence-electron chi connectivity index (χ4n) is 3.53. The fraction of sp³-hybridized carbons (Fsp3) is 0.333. The maximum atomic E-state index is 12.7. The largest absolute Gasteiger partial charge is 0.388 e. The second kappa shape index (κ2) is 11.9. The minimum absolute atomic E-state index is 0.255. The first kappa shape index (κ1) is 27.7. The smallest absolute Gasteiger partial charge is 0.319 e. The molecule has 3 amide bonds. The number of benzene rings is 2. The Hall–Kier alpha value is -3.89. The molecule has 1 heterocycles. The second-order valence-corrected chi connectivity index (χ2v) is 8.29. The number of hydrogen-bond donors (Lipinski definition) is 5. The van der Waals surface area contributed by atoms with Crippen molar-refractivity contribution in [3.63, 3.8) is 0 Å². The Labute approximate surface area is 213 Å². The molecule has 2 aromatic carbocycles. The number of methoxy groups -OCH3 is 1. The maximum Gasteiger partial charge on any atom is 0.319 e. The predicted molar refractivity (Wildman–Crippen MR) is 127 cm³/mol. The molecule has 1 fully saturated rings. The first-order valence-electron chi connectivity index (χ1n) is 10.6. The quantitative estimate of drug-likeness (QED) is 0.238. The highest BCUT2D eigenvalue weighted by Crippen LogP contribution is 2.25. The SMILES string of the molecule is COC1O[C@H](CNC(=O)Nc2ccc(Cl)cc2)[C@@H](O)[C@H](O)[C@H]1NC(=O)c1cc([N+](=O)[O-])cc([N+](=O)[O-])c1. The van der Waals surface area contributed by atoms with Crippen LogP contribution in [0.4, 0.5) is 21.9 Å². The number of hydrogen-bond acceptors (Lipinski definition) is 10. The van der Waals surface area contributed by atoms with Crippen molar-refractivity contribution >= 4 is 40.6 Å². The number of nitro benzene ring substituents is 2. The summed E-state index contributed by atoms with van der Waals surface area (Å²) in [5, 5.41) is 51.2. The van der Waals surface area contributed by atoms with Gasteiger partial charge in [-0.05, 0) is 24.3 Å². The lowest BCUT2D eigenvalue weighted by molar-refractivity contribution is -0.394. The van der Waals surface area contributed by atoms with E-state index in [1.807, 2.05) is 0 Å². The molecule has 3 rings (SSSR count). The van der Waals surface area contributed by atoms with Gasteiger partial charge in [0, 0.05) is 36.5 Å². The Morgan fingerprint density at radius 1 is 1.05 bits per heavy atom. The number of ether oxygens (including phenoxy) is 2. The van der Waals surface area contributed by atoms with E-state index in [9.17, 15) is 40.0 Å². The molecule has 0 saturated carbocycles. The number of rotatable bonds is 8. The van der Waals surface area contributed by atoms with Crippen molar-refractivity contribution in [1.82, 2.24) is 10.6 Å². The zero-order valence-electron chi connectivity index (χ0n) is 19.1. The van der Waals surface area contributed by atoms with Crippen LogP contribution in [0, 0.1) is 20.2 Å². The molecular weight excluding hydrogens is 518 g/mol. The number of nitrogens with zero attached hydrogens (tertiary/aromatic N) is 2. The van der Waals surface area contributed by atoms with Crippen LogP contribution in [0.15, 0.2) is 42.5 Å². The summed E-state index contributed by atoms with van der Waals surface area (Å²) < 4.78 is 10.7. The lowest BCUT2D eigenvalue weighted by Crippen LogP contribution is -2.65. The Morgan fingerprint density at radius 3 is 2.19 bits per heavy atom. The van der Waals surface area contributed by atoms with Gasteiger partial charge in [-0.15, -0.1) is 0 Å². The minimum Gasteiger partial charge on any atom is -0.388 e. The van der Waals surface area contributed by atoms with Gasteiger partial charge in [-0.2, -0.15) is 0 Å². The third kappa shape index (κ3) is 6.87. The summed E-state index contributed by atoms with van der Waals surface area (Å²) in [5.74, 6) is -1.02. The average molecular weight is 540 g/mol. The average Bonchev–Trinajstić information content (AvgIpc) is 2.87. The third-order valence-corrected chi connectivity index (χ3v) is 5.64. The molecular formula is C21H22ClN5O10. The Balaban J connectivity index is 1.66. The number of aliphatic hydroxyl groups is 2. The number of nitro groups is 2. The minimum atomic E-state index is -1.66. The third-order valence-electron chi connectivity index (χ3n) is 5.38. The summed E-state index contributed by atoms with van der Waals surface area (Å²) in [6, 6.07) is 6.62. The van der Waals surface area contributed by atoms with E-state index < -0.39 is 69.4 Å². The van der Waals surface area contributed by atoms with Gasteiger partial charge < -0.3 is 35.6 Å². The molecule has 0 bridgehead atoms. The number of carbonyl (C=O) groups excluding carboxylic acids is 2. The number of non-ortho nitro benzene ring substituents is 2. The lowest BCUT2D eigenvalue weighted by atomic mass is 9.96. The van der Waals surface area contributed by atoms with Crippen LogP contribution in [0.2, 0.25) is 5.02 Å². The molecule has 198 valence electrons. The molecule has 1 aliphatic rings. The molecule has 5 atom stereocenters. The van der Waals surface area contributed by atoms with E-state index in [4.69, 9.17) is 21.1 Å². The molecule has 37 heavy (non-hydrogen) atoms. The Kier molecular flexibility index (Phi) is 8.90. The zero-order valence-corrected chi connectivity index (χ0v) is 19.8. The summed E-state index contributed by atoms with van der Waals surface area (Å²) >= 11 is 5.80. The molecule has 0 aromatic heterocycles. The summed E-state index contributed by atoms with van der Waals surface area (Å²) in [7, 11) is 1.20. The molecule has 0 radical (unpaired) electrons. The van der Waals surface area contributed by atoms with Crippen molar-refractivity contribution < 1.29 is 39.1 Å². The fourth-order valence-corrected chi connectivity index (χ4v) is 3.65. The van der Waals surface area contributed by atoms with Gasteiger partial charge in [0.25, 0.3) is 17.3 Å². The van der Waals surface area contributed by atoms with Gasteiger partial charge in [-0.3, -0.25) is 25.0 Å². The van der Waals surface area contributed by atoms with Crippen LogP contribution in [-0.4, -0.2) is 76.3 Å². The van der Waals surface area contributed by atoms with E-state index in [2.05, 4.69) is 16.0 Å². The number of nitrogens with one attached hydrogen (secondary N) is 3. The van der Waals surface area contributed by atoms with Crippen molar-refractivity contribution in [2.75, 3.05) is 19.0 Å². The number of halogens is 1. The van der Waals surface area contributed by atoms with Crippen LogP contribution in [0.5, 0.6) is 0 Å². The van der Waals surface area contributed by atoms with Gasteiger partial charge in [-0.1, -0.05) is 11.6 Å². The lowest BCUT2D eigenvalue weighted by Gasteiger charge is -2.42. The predicted octanol–water partition coefficient (Wildman–Crippen LogP) is 1.17. The van der Waals surface area contributed by atoms with Gasteiger partial charge in [0.1, 0.15) is 24.4 Å². The summed E-state index contributed by atoms with van der Waals surface area (Å²) in [5.41, 5.74) is -1.36. The van der Waals surface area contributed by atoms with Crippen LogP contribution in [0.25, 0.3) is 0 Å². The first-order chi connectivity index (χ1) is 17.5. The highest BCUT2D eigenvalue weighted by atomic mass is 35.5. The van der Waals surface area contributed by atoms with Crippen molar-refractivity contribution in [3.05, 3.63) is 73.3 Å². The highest BCUT2D eigenvalue weighted by molar-refractivity contribution is 6.30. The Morgan fingerprint density at radius 2 is 1.65 bits per heavy atom. The van der Waals surface area contributed by atoms with E-state index in [0.29, 0.717) is 16.8 Å². The molecule has 15 nitrogen and oxygen atoms in total. The highest BCUT2D eigenvalue weighted by Gasteiger charge is 2.45. The standard InChI is InChI=1S/C21H22ClN5O10/c1-36-20-16(25-19(30)10-6-13(26(32)33)8-14(7-10)27(34)35)18(29)17(28)15(37-20)9-23-21(31)24-12-4-2-11(22)3-5-12/h2-8,15-18,20,28-29H,9H2,1H3,(H,25,30)(H2,23,24,31)/t15-,16-,17-,18-,20?/m1/s1. The first-order valence-corrected chi connectivity index (χ1v) is 11.0. The zero-order chi connectivity index (χ0) is 27.3. The van der Waals surface area contributed by atoms with E-state index >= 15 is 0 Å². The number of urea groups is 1. The van der Waals surface area contributed by atoms with Crippen LogP contribution in [-0.2, 0) is 9.47 Å².